The van der Waals surface area contributed by atoms with E-state index >= 15 is 0 Å². The molecule has 2 rings (SSSR count). The summed E-state index contributed by atoms with van der Waals surface area (Å²) in [5, 5.41) is 0. The third kappa shape index (κ3) is 1.82. The minimum Gasteiger partial charge on any atom is -0.0951 e. The van der Waals surface area contributed by atoms with Gasteiger partial charge in [0.1, 0.15) is 7.28 Å². The molecule has 56 valence electrons. The van der Waals surface area contributed by atoms with Crippen LogP contribution in [0.5, 0.6) is 0 Å². The number of allylic oxidation sites excluding steroid dienone is 2. The van der Waals surface area contributed by atoms with Gasteiger partial charge < -0.3 is 0 Å². The summed E-state index contributed by atoms with van der Waals surface area (Å²) in [4.78, 5) is 0. The highest BCUT2D eigenvalue weighted by Gasteiger charge is 2.34. The van der Waals surface area contributed by atoms with Crippen LogP contribution in [-0.4, -0.2) is 42.8 Å². The molecule has 0 N–H and O–H groups in total. The average Bonchev–Trinajstić information content (AvgIpc) is 2.19. The zero-order chi connectivity index (χ0) is 9.26. The molecule has 2 heterocycles. The first-order chi connectivity index (χ1) is 6.33. The molecular weight excluding hydrogens is 149 g/mol. The summed E-state index contributed by atoms with van der Waals surface area (Å²) in [5.41, 5.74) is 2.06. The van der Waals surface area contributed by atoms with E-state index in [1.807, 2.05) is 0 Å². The molecule has 0 spiro atoms. The second kappa shape index (κ2) is 4.11. The van der Waals surface area contributed by atoms with Gasteiger partial charge in [-0.2, -0.15) is 0 Å². The van der Waals surface area contributed by atoms with Crippen molar-refractivity contribution in [2.24, 2.45) is 0 Å². The fourth-order valence-corrected chi connectivity index (χ4v) is 2.48. The first-order valence-corrected chi connectivity index (χ1v) is 5.16. The van der Waals surface area contributed by atoms with Crippen LogP contribution in [0.3, 0.4) is 0 Å². The summed E-state index contributed by atoms with van der Waals surface area (Å²) in [5.74, 6) is 0. The Hall–Kier alpha value is 0.130. The van der Waals surface area contributed by atoms with Crippen molar-refractivity contribution >= 4 is 42.8 Å². The molecule has 2 aliphatic heterocycles. The van der Waals surface area contributed by atoms with Crippen LogP contribution in [-0.2, 0) is 0 Å². The van der Waals surface area contributed by atoms with Crippen LogP contribution in [0.15, 0.2) is 11.6 Å². The first kappa shape index (κ1) is 9.68. The van der Waals surface area contributed by atoms with Crippen molar-refractivity contribution in [3.8, 4) is 0 Å². The van der Waals surface area contributed by atoms with Crippen molar-refractivity contribution in [2.45, 2.75) is 31.2 Å². The fraction of sp³-hybridized carbons (Fsp3) is 0.714. The predicted octanol–water partition coefficient (Wildman–Crippen LogP) is 0.188. The van der Waals surface area contributed by atoms with E-state index in [0.29, 0.717) is 12.2 Å². The van der Waals surface area contributed by atoms with E-state index in [2.05, 4.69) is 13.4 Å². The van der Waals surface area contributed by atoms with Gasteiger partial charge in [0.05, 0.1) is 13.0 Å². The lowest BCUT2D eigenvalue weighted by Gasteiger charge is -2.36. The Morgan fingerprint density at radius 3 is 3.23 bits per heavy atom. The molecule has 6 heteroatoms. The molecule has 0 aromatic carbocycles. The number of hydrogen-bond donors (Lipinski definition) is 0. The van der Waals surface area contributed by atoms with E-state index in [0.717, 1.165) is 6.32 Å². The molecule has 0 aliphatic carbocycles. The van der Waals surface area contributed by atoms with Gasteiger partial charge in [0.25, 0.3) is 0 Å². The van der Waals surface area contributed by atoms with Crippen LogP contribution in [0.2, 0.25) is 18.4 Å². The van der Waals surface area contributed by atoms with Crippen LogP contribution < -0.4 is 0 Å². The molecule has 0 aromatic rings. The maximum Gasteiger partial charge on any atom is 0.107 e. The minimum absolute atomic E-state index is 0.227. The smallest absolute Gasteiger partial charge is 0.0951 e. The Morgan fingerprint density at radius 1 is 1.62 bits per heavy atom. The summed E-state index contributed by atoms with van der Waals surface area (Å²) < 4.78 is 0. The van der Waals surface area contributed by atoms with E-state index in [1.165, 1.54) is 19.2 Å². The number of fused-ring (bicyclic) bond motifs is 1. The highest BCUT2D eigenvalue weighted by Crippen LogP contribution is 2.35. The molecule has 0 aromatic heterocycles. The molecule has 6 radical (unpaired) electrons. The lowest BCUT2D eigenvalue weighted by molar-refractivity contribution is 0.845. The number of hydrogen-bond acceptors (Lipinski definition) is 0. The quantitative estimate of drug-likeness (QED) is 0.378. The zero-order valence-corrected chi connectivity index (χ0v) is 7.95. The van der Waals surface area contributed by atoms with Gasteiger partial charge >= 0.3 is 0 Å². The van der Waals surface area contributed by atoms with Gasteiger partial charge in [-0.05, 0) is 6.42 Å². The lowest BCUT2D eigenvalue weighted by atomic mass is 8.81. The molecule has 0 unspecified atom stereocenters. The maximum atomic E-state index is 6.16. The molecule has 1 fully saturated rings. The van der Waals surface area contributed by atoms with E-state index in [4.69, 9.17) is 15.5 Å². The van der Waals surface area contributed by atoms with Crippen molar-refractivity contribution in [3.63, 3.8) is 0 Å². The van der Waals surface area contributed by atoms with E-state index in [-0.39, 0.29) is 6.49 Å². The van der Waals surface area contributed by atoms with Crippen LogP contribution in [0.4, 0.5) is 0 Å². The Labute approximate surface area is 86.1 Å². The summed E-state index contributed by atoms with van der Waals surface area (Å²) in [6.45, 7) is 0.605. The third-order valence-corrected chi connectivity index (χ3v) is 3.33. The van der Waals surface area contributed by atoms with Crippen LogP contribution in [0.1, 0.15) is 12.8 Å². The van der Waals surface area contributed by atoms with Crippen molar-refractivity contribution in [1.82, 2.24) is 0 Å². The molecule has 0 nitrogen and oxygen atoms in total. The summed E-state index contributed by atoms with van der Waals surface area (Å²) in [6, 6.07) is 0. The van der Waals surface area contributed by atoms with Gasteiger partial charge in [-0.1, -0.05) is 36.4 Å². The summed E-state index contributed by atoms with van der Waals surface area (Å²) in [6.07, 6.45) is 7.14. The first-order valence-electron chi connectivity index (χ1n) is 5.16. The molecule has 0 bridgehead atoms. The predicted molar refractivity (Wildman–Crippen MR) is 65.2 cm³/mol. The summed E-state index contributed by atoms with van der Waals surface area (Å²) >= 11 is 0. The highest BCUT2D eigenvalue weighted by molar-refractivity contribution is 7.63. The fourth-order valence-electron chi connectivity index (χ4n) is 2.48. The monoisotopic (exact) mass is 160 g/mol. The standard InChI is InChI=1S/C7H10B6/c8-11-12-5-3-6-2-1-4-10-7(6)13(12)9/h3,7H,1-2,4-5H2/t7-/m0/s1. The second-order valence-corrected chi connectivity index (χ2v) is 4.10. The van der Waals surface area contributed by atoms with Gasteiger partial charge in [-0.15, -0.1) is 0 Å². The summed E-state index contributed by atoms with van der Waals surface area (Å²) in [7, 11) is 15.9. The van der Waals surface area contributed by atoms with E-state index in [9.17, 15) is 0 Å². The van der Waals surface area contributed by atoms with Crippen molar-refractivity contribution in [2.75, 3.05) is 0 Å². The Bertz CT molecular complexity index is 215. The van der Waals surface area contributed by atoms with Crippen molar-refractivity contribution in [1.29, 1.82) is 0 Å². The Kier molecular flexibility index (Phi) is 3.06. The molecular formula is C7H10B6. The average molecular weight is 159 g/mol. The molecule has 1 atom stereocenters. The van der Waals surface area contributed by atoms with Crippen LogP contribution >= 0.6 is 0 Å². The number of rotatable bonds is 1. The topological polar surface area (TPSA) is 0 Å². The van der Waals surface area contributed by atoms with Crippen molar-refractivity contribution in [3.05, 3.63) is 11.6 Å². The Morgan fingerprint density at radius 2 is 2.46 bits per heavy atom. The second-order valence-electron chi connectivity index (χ2n) is 4.10. The van der Waals surface area contributed by atoms with Gasteiger partial charge in [0.2, 0.25) is 0 Å². The van der Waals surface area contributed by atoms with Gasteiger partial charge in [0.15, 0.2) is 0 Å². The van der Waals surface area contributed by atoms with Crippen LogP contribution in [0, 0.1) is 0 Å². The molecule has 2 aliphatic rings. The third-order valence-electron chi connectivity index (χ3n) is 3.33. The van der Waals surface area contributed by atoms with Crippen molar-refractivity contribution < 1.29 is 0 Å². The molecule has 13 heavy (non-hydrogen) atoms. The van der Waals surface area contributed by atoms with Gasteiger partial charge in [-0.3, -0.25) is 0 Å². The SMILES string of the molecule is [B][B]B1CC=C2CCC[B][C@H]2B1[B]. The highest BCUT2D eigenvalue weighted by atomic mass is 14.1. The van der Waals surface area contributed by atoms with E-state index < -0.39 is 0 Å². The minimum atomic E-state index is 0.227. The normalized spacial score (nSPS) is 27.4. The largest absolute Gasteiger partial charge is 0.107 e. The molecule has 0 saturated carbocycles. The molecule has 1 saturated heterocycles. The van der Waals surface area contributed by atoms with E-state index in [1.54, 1.807) is 12.6 Å². The lowest BCUT2D eigenvalue weighted by Crippen LogP contribution is -2.50. The van der Waals surface area contributed by atoms with Gasteiger partial charge in [-0.25, -0.2) is 0 Å². The Balaban J connectivity index is 2.12. The van der Waals surface area contributed by atoms with Gasteiger partial charge in [0, 0.05) is 22.5 Å². The molecule has 0 amide bonds. The van der Waals surface area contributed by atoms with Crippen LogP contribution in [0.25, 0.3) is 0 Å². The zero-order valence-electron chi connectivity index (χ0n) is 7.95. The maximum absolute atomic E-state index is 6.16.